The molecule has 1 heterocycles. The molecule has 0 fully saturated rings. The number of thioether (sulfide) groups is 1. The molecule has 0 atom stereocenters. The lowest BCUT2D eigenvalue weighted by Gasteiger charge is -2.12. The number of rotatable bonds is 8. The van der Waals surface area contributed by atoms with Crippen molar-refractivity contribution >= 4 is 23.4 Å². The van der Waals surface area contributed by atoms with Crippen LogP contribution in [0.4, 0.5) is 5.69 Å². The topological polar surface area (TPSA) is 78.3 Å². The minimum Gasteiger partial charge on any atom is -0.493 e. The number of carbonyl (C=O) groups excluding carboxylic acids is 1. The zero-order valence-electron chi connectivity index (χ0n) is 18.6. The lowest BCUT2D eigenvalue weighted by Crippen LogP contribution is -2.14. The van der Waals surface area contributed by atoms with Gasteiger partial charge in [-0.25, -0.2) is 0 Å². The molecule has 0 saturated heterocycles. The summed E-state index contributed by atoms with van der Waals surface area (Å²) >= 11 is 1.33. The summed E-state index contributed by atoms with van der Waals surface area (Å²) in [5.74, 6) is 1.96. The molecule has 0 spiro atoms. The van der Waals surface area contributed by atoms with Gasteiger partial charge in [0.15, 0.2) is 22.5 Å². The number of benzene rings is 3. The number of anilines is 1. The van der Waals surface area contributed by atoms with Crippen LogP contribution >= 0.6 is 11.8 Å². The summed E-state index contributed by atoms with van der Waals surface area (Å²) in [6, 6.07) is 23.1. The molecule has 8 heteroatoms. The standard InChI is InChI=1S/C25H24N4O3S/c1-17-9-12-19(13-10-17)26-23(30)16-33-25-28-27-24(29(25)20-7-5-4-6-8-20)18-11-14-21(31-2)22(15-18)32-3/h4-15H,16H2,1-3H3,(H,26,30). The van der Waals surface area contributed by atoms with Gasteiger partial charge in [0.2, 0.25) is 5.91 Å². The van der Waals surface area contributed by atoms with Gasteiger partial charge in [0.05, 0.1) is 20.0 Å². The van der Waals surface area contributed by atoms with E-state index in [1.807, 2.05) is 84.3 Å². The fourth-order valence-corrected chi connectivity index (χ4v) is 4.05. The highest BCUT2D eigenvalue weighted by atomic mass is 32.2. The number of nitrogens with one attached hydrogen (secondary N) is 1. The summed E-state index contributed by atoms with van der Waals surface area (Å²) in [7, 11) is 3.19. The van der Waals surface area contributed by atoms with Crippen molar-refractivity contribution < 1.29 is 14.3 Å². The minimum absolute atomic E-state index is 0.112. The van der Waals surface area contributed by atoms with E-state index in [1.165, 1.54) is 11.8 Å². The van der Waals surface area contributed by atoms with Crippen LogP contribution in [-0.4, -0.2) is 40.6 Å². The average Bonchev–Trinajstić information content (AvgIpc) is 3.28. The van der Waals surface area contributed by atoms with Crippen LogP contribution in [0.15, 0.2) is 78.0 Å². The van der Waals surface area contributed by atoms with Crippen molar-refractivity contribution in [3.05, 3.63) is 78.4 Å². The summed E-state index contributed by atoms with van der Waals surface area (Å²) < 4.78 is 12.7. The first kappa shape index (κ1) is 22.4. The van der Waals surface area contributed by atoms with Gasteiger partial charge in [-0.05, 0) is 49.4 Å². The molecule has 1 N–H and O–H groups in total. The van der Waals surface area contributed by atoms with E-state index in [2.05, 4.69) is 15.5 Å². The van der Waals surface area contributed by atoms with Gasteiger partial charge in [-0.2, -0.15) is 0 Å². The van der Waals surface area contributed by atoms with Crippen LogP contribution in [0.5, 0.6) is 11.5 Å². The van der Waals surface area contributed by atoms with E-state index in [9.17, 15) is 4.79 Å². The summed E-state index contributed by atoms with van der Waals surface area (Å²) in [4.78, 5) is 12.5. The smallest absolute Gasteiger partial charge is 0.234 e. The molecule has 7 nitrogen and oxygen atoms in total. The average molecular weight is 461 g/mol. The van der Waals surface area contributed by atoms with Crippen molar-refractivity contribution in [3.63, 3.8) is 0 Å². The Morgan fingerprint density at radius 1 is 0.939 bits per heavy atom. The molecule has 0 unspecified atom stereocenters. The van der Waals surface area contributed by atoms with Gasteiger partial charge in [0, 0.05) is 16.9 Å². The van der Waals surface area contributed by atoms with Gasteiger partial charge in [-0.3, -0.25) is 9.36 Å². The number of nitrogens with zero attached hydrogens (tertiary/aromatic N) is 3. The lowest BCUT2D eigenvalue weighted by atomic mass is 10.2. The predicted octanol–water partition coefficient (Wildman–Crippen LogP) is 4.99. The van der Waals surface area contributed by atoms with E-state index >= 15 is 0 Å². The Kier molecular flexibility index (Phi) is 6.95. The Hall–Kier alpha value is -3.78. The van der Waals surface area contributed by atoms with Crippen molar-refractivity contribution in [2.75, 3.05) is 25.3 Å². The normalized spacial score (nSPS) is 10.6. The van der Waals surface area contributed by atoms with E-state index in [1.54, 1.807) is 14.2 Å². The van der Waals surface area contributed by atoms with Gasteiger partial charge < -0.3 is 14.8 Å². The summed E-state index contributed by atoms with van der Waals surface area (Å²) in [6.45, 7) is 2.01. The number of aryl methyl sites for hydroxylation is 1. The predicted molar refractivity (Wildman–Crippen MR) is 130 cm³/mol. The molecular formula is C25H24N4O3S. The maximum atomic E-state index is 12.5. The highest BCUT2D eigenvalue weighted by Gasteiger charge is 2.18. The van der Waals surface area contributed by atoms with Crippen LogP contribution in [-0.2, 0) is 4.79 Å². The highest BCUT2D eigenvalue weighted by molar-refractivity contribution is 7.99. The third-order valence-electron chi connectivity index (χ3n) is 4.96. The van der Waals surface area contributed by atoms with E-state index in [-0.39, 0.29) is 11.7 Å². The molecule has 0 aliphatic heterocycles. The summed E-state index contributed by atoms with van der Waals surface area (Å²) in [5.41, 5.74) is 3.62. The Morgan fingerprint density at radius 3 is 2.36 bits per heavy atom. The molecule has 4 rings (SSSR count). The second kappa shape index (κ2) is 10.2. The van der Waals surface area contributed by atoms with E-state index in [0.717, 1.165) is 22.5 Å². The third kappa shape index (κ3) is 5.18. The minimum atomic E-state index is -0.112. The highest BCUT2D eigenvalue weighted by Crippen LogP contribution is 2.34. The maximum Gasteiger partial charge on any atom is 0.234 e. The molecule has 3 aromatic carbocycles. The van der Waals surface area contributed by atoms with Crippen LogP contribution in [0.3, 0.4) is 0 Å². The first-order chi connectivity index (χ1) is 16.1. The molecule has 168 valence electrons. The molecule has 33 heavy (non-hydrogen) atoms. The largest absolute Gasteiger partial charge is 0.493 e. The Bertz CT molecular complexity index is 1240. The fourth-order valence-electron chi connectivity index (χ4n) is 3.30. The number of methoxy groups -OCH3 is 2. The number of amides is 1. The maximum absolute atomic E-state index is 12.5. The number of carbonyl (C=O) groups is 1. The second-order valence-corrected chi connectivity index (χ2v) is 8.19. The van der Waals surface area contributed by atoms with Crippen LogP contribution < -0.4 is 14.8 Å². The monoisotopic (exact) mass is 460 g/mol. The fraction of sp³-hybridized carbons (Fsp3) is 0.160. The summed E-state index contributed by atoms with van der Waals surface area (Å²) in [6.07, 6.45) is 0. The third-order valence-corrected chi connectivity index (χ3v) is 5.89. The lowest BCUT2D eigenvalue weighted by molar-refractivity contribution is -0.113. The zero-order valence-corrected chi connectivity index (χ0v) is 19.4. The van der Waals surface area contributed by atoms with Gasteiger partial charge in [-0.1, -0.05) is 47.7 Å². The molecule has 0 saturated carbocycles. The number of ether oxygens (including phenoxy) is 2. The van der Waals surface area contributed by atoms with Crippen LogP contribution in [0.2, 0.25) is 0 Å². The van der Waals surface area contributed by atoms with Crippen molar-refractivity contribution in [2.45, 2.75) is 12.1 Å². The molecular weight excluding hydrogens is 436 g/mol. The quantitative estimate of drug-likeness (QED) is 0.373. The van der Waals surface area contributed by atoms with Gasteiger partial charge in [0.25, 0.3) is 0 Å². The van der Waals surface area contributed by atoms with E-state index in [0.29, 0.717) is 22.5 Å². The van der Waals surface area contributed by atoms with Crippen molar-refractivity contribution in [1.29, 1.82) is 0 Å². The molecule has 4 aromatic rings. The second-order valence-electron chi connectivity index (χ2n) is 7.25. The first-order valence-corrected chi connectivity index (χ1v) is 11.3. The number of hydrogen-bond acceptors (Lipinski definition) is 6. The summed E-state index contributed by atoms with van der Waals surface area (Å²) in [5, 5.41) is 12.3. The molecule has 1 amide bonds. The van der Waals surface area contributed by atoms with Gasteiger partial charge >= 0.3 is 0 Å². The van der Waals surface area contributed by atoms with Crippen LogP contribution in [0.1, 0.15) is 5.56 Å². The first-order valence-electron chi connectivity index (χ1n) is 10.3. The number of aromatic nitrogens is 3. The van der Waals surface area contributed by atoms with Gasteiger partial charge in [-0.15, -0.1) is 10.2 Å². The van der Waals surface area contributed by atoms with Gasteiger partial charge in [0.1, 0.15) is 0 Å². The molecule has 0 aliphatic rings. The molecule has 0 radical (unpaired) electrons. The number of hydrogen-bond donors (Lipinski definition) is 1. The molecule has 0 bridgehead atoms. The molecule has 1 aromatic heterocycles. The number of para-hydroxylation sites is 1. The van der Waals surface area contributed by atoms with Crippen molar-refractivity contribution in [3.8, 4) is 28.6 Å². The SMILES string of the molecule is COc1ccc(-c2nnc(SCC(=O)Nc3ccc(C)cc3)n2-c2ccccc2)cc1OC. The van der Waals surface area contributed by atoms with Crippen LogP contribution in [0.25, 0.3) is 17.1 Å². The van der Waals surface area contributed by atoms with Crippen molar-refractivity contribution in [2.24, 2.45) is 0 Å². The Balaban J connectivity index is 1.62. The van der Waals surface area contributed by atoms with Crippen molar-refractivity contribution in [1.82, 2.24) is 14.8 Å². The molecule has 0 aliphatic carbocycles. The Labute approximate surface area is 196 Å². The van der Waals surface area contributed by atoms with E-state index < -0.39 is 0 Å². The van der Waals surface area contributed by atoms with Crippen LogP contribution in [0, 0.1) is 6.92 Å². The van der Waals surface area contributed by atoms with E-state index in [4.69, 9.17) is 9.47 Å². The zero-order chi connectivity index (χ0) is 23.2. The Morgan fingerprint density at radius 2 is 1.67 bits per heavy atom.